The highest BCUT2D eigenvalue weighted by Gasteiger charge is 2.34. The third-order valence-electron chi connectivity index (χ3n) is 3.18. The molecule has 1 N–H and O–H groups in total. The second kappa shape index (κ2) is 5.28. The zero-order valence-electron chi connectivity index (χ0n) is 10.3. The van der Waals surface area contributed by atoms with E-state index in [2.05, 4.69) is 0 Å². The van der Waals surface area contributed by atoms with Crippen molar-refractivity contribution in [3.63, 3.8) is 0 Å². The average molecular weight is 291 g/mol. The van der Waals surface area contributed by atoms with E-state index in [1.54, 1.807) is 0 Å². The quantitative estimate of drug-likeness (QED) is 0.686. The second-order valence-electron chi connectivity index (χ2n) is 4.59. The molecule has 5 nitrogen and oxygen atoms in total. The molecule has 1 fully saturated rings. The minimum absolute atomic E-state index is 0.256. The number of hydrogen-bond donors (Lipinski definition) is 1. The predicted octanol–water partition coefficient (Wildman–Crippen LogP) is 2.91. The van der Waals surface area contributed by atoms with Crippen molar-refractivity contribution in [1.29, 1.82) is 0 Å². The molecule has 110 valence electrons. The van der Waals surface area contributed by atoms with Crippen LogP contribution in [0, 0.1) is 10.1 Å². The second-order valence-corrected chi connectivity index (χ2v) is 4.59. The van der Waals surface area contributed by atoms with Crippen LogP contribution >= 0.6 is 0 Å². The third-order valence-corrected chi connectivity index (χ3v) is 3.18. The number of nitro groups is 1. The number of alkyl halides is 3. The molecule has 0 aliphatic heterocycles. The Bertz CT molecular complexity index is 518. The van der Waals surface area contributed by atoms with E-state index in [0.29, 0.717) is 25.3 Å². The van der Waals surface area contributed by atoms with Crippen LogP contribution in [0.25, 0.3) is 0 Å². The first-order valence-corrected chi connectivity index (χ1v) is 5.99. The summed E-state index contributed by atoms with van der Waals surface area (Å²) in [5, 5.41) is 20.4. The highest BCUT2D eigenvalue weighted by atomic mass is 19.4. The highest BCUT2D eigenvalue weighted by molar-refractivity contribution is 5.49. The molecule has 0 radical (unpaired) electrons. The Balaban J connectivity index is 2.31. The van der Waals surface area contributed by atoms with Gasteiger partial charge in [-0.3, -0.25) is 10.1 Å². The number of ether oxygens (including phenoxy) is 1. The Labute approximate surface area is 112 Å². The van der Waals surface area contributed by atoms with Gasteiger partial charge >= 0.3 is 11.9 Å². The van der Waals surface area contributed by atoms with Crippen molar-refractivity contribution in [3.05, 3.63) is 33.9 Å². The molecule has 1 aromatic rings. The van der Waals surface area contributed by atoms with Gasteiger partial charge in [0.25, 0.3) is 0 Å². The summed E-state index contributed by atoms with van der Waals surface area (Å²) in [5.74, 6) is -0.256. The maximum Gasteiger partial charge on any atom is 0.416 e. The first-order valence-electron chi connectivity index (χ1n) is 5.99. The summed E-state index contributed by atoms with van der Waals surface area (Å²) < 4.78 is 42.9. The molecule has 1 saturated carbocycles. The van der Waals surface area contributed by atoms with Gasteiger partial charge in [0, 0.05) is 6.07 Å². The molecule has 1 aliphatic carbocycles. The molecular weight excluding hydrogens is 279 g/mol. The predicted molar refractivity (Wildman–Crippen MR) is 62.4 cm³/mol. The summed E-state index contributed by atoms with van der Waals surface area (Å²) in [4.78, 5) is 9.93. The molecule has 0 bridgehead atoms. The van der Waals surface area contributed by atoms with Gasteiger partial charge in [-0.1, -0.05) is 0 Å². The lowest BCUT2D eigenvalue weighted by Gasteiger charge is -2.17. The fourth-order valence-corrected chi connectivity index (χ4v) is 2.14. The molecule has 0 unspecified atom stereocenters. The topological polar surface area (TPSA) is 72.6 Å². The Morgan fingerprint density at radius 2 is 2.05 bits per heavy atom. The van der Waals surface area contributed by atoms with Crippen LogP contribution in [0.15, 0.2) is 18.2 Å². The molecule has 1 aliphatic rings. The van der Waals surface area contributed by atoms with Gasteiger partial charge in [0.2, 0.25) is 0 Å². The zero-order chi connectivity index (χ0) is 14.9. The molecule has 0 spiro atoms. The lowest BCUT2D eigenvalue weighted by Crippen LogP contribution is -2.26. The summed E-state index contributed by atoms with van der Waals surface area (Å²) in [5.41, 5.74) is -1.86. The zero-order valence-corrected chi connectivity index (χ0v) is 10.3. The largest absolute Gasteiger partial charge is 0.481 e. The van der Waals surface area contributed by atoms with E-state index in [1.165, 1.54) is 0 Å². The third kappa shape index (κ3) is 3.01. The van der Waals surface area contributed by atoms with Gasteiger partial charge in [0.15, 0.2) is 5.75 Å². The van der Waals surface area contributed by atoms with Gasteiger partial charge in [-0.2, -0.15) is 13.2 Å². The van der Waals surface area contributed by atoms with Crippen molar-refractivity contribution in [2.45, 2.75) is 37.6 Å². The number of rotatable bonds is 3. The maximum absolute atomic E-state index is 12.5. The highest BCUT2D eigenvalue weighted by Crippen LogP contribution is 2.37. The van der Waals surface area contributed by atoms with Crippen LogP contribution in [-0.4, -0.2) is 22.2 Å². The standard InChI is InChI=1S/C12H12F3NO4/c13-12(14,15)7-4-5-10(8(6-7)16(18)19)20-11-3-1-2-9(11)17/h4-6,9,11,17H,1-3H2/t9-,11-/m1/s1. The summed E-state index contributed by atoms with van der Waals surface area (Å²) in [6, 6.07) is 2.09. The van der Waals surface area contributed by atoms with Gasteiger partial charge in [-0.05, 0) is 31.4 Å². The summed E-state index contributed by atoms with van der Waals surface area (Å²) in [6.45, 7) is 0. The van der Waals surface area contributed by atoms with Crippen LogP contribution in [0.4, 0.5) is 18.9 Å². The van der Waals surface area contributed by atoms with Crippen molar-refractivity contribution < 1.29 is 27.9 Å². The lowest BCUT2D eigenvalue weighted by atomic mass is 10.1. The molecule has 0 amide bonds. The van der Waals surface area contributed by atoms with E-state index in [0.717, 1.165) is 12.1 Å². The molecular formula is C12H12F3NO4. The maximum atomic E-state index is 12.5. The van der Waals surface area contributed by atoms with Crippen molar-refractivity contribution in [2.24, 2.45) is 0 Å². The van der Waals surface area contributed by atoms with Crippen LogP contribution in [0.2, 0.25) is 0 Å². The molecule has 0 aromatic heterocycles. The molecule has 8 heteroatoms. The van der Waals surface area contributed by atoms with Gasteiger partial charge in [-0.15, -0.1) is 0 Å². The van der Waals surface area contributed by atoms with E-state index in [1.807, 2.05) is 0 Å². The van der Waals surface area contributed by atoms with Gasteiger partial charge in [0.05, 0.1) is 16.6 Å². The summed E-state index contributed by atoms with van der Waals surface area (Å²) in [7, 11) is 0. The Kier molecular flexibility index (Phi) is 3.85. The van der Waals surface area contributed by atoms with E-state index in [-0.39, 0.29) is 5.75 Å². The summed E-state index contributed by atoms with van der Waals surface area (Å²) >= 11 is 0. The first-order chi connectivity index (χ1) is 9.29. The van der Waals surface area contributed by atoms with Crippen molar-refractivity contribution in [2.75, 3.05) is 0 Å². The van der Waals surface area contributed by atoms with Crippen molar-refractivity contribution in [3.8, 4) is 5.75 Å². The first kappa shape index (κ1) is 14.6. The van der Waals surface area contributed by atoms with Crippen LogP contribution in [0.3, 0.4) is 0 Å². The number of aliphatic hydroxyl groups is 1. The molecule has 0 saturated heterocycles. The van der Waals surface area contributed by atoms with E-state index >= 15 is 0 Å². The smallest absolute Gasteiger partial charge is 0.416 e. The number of hydrogen-bond acceptors (Lipinski definition) is 4. The fraction of sp³-hybridized carbons (Fsp3) is 0.500. The van der Waals surface area contributed by atoms with E-state index in [9.17, 15) is 28.4 Å². The lowest BCUT2D eigenvalue weighted by molar-refractivity contribution is -0.386. The minimum Gasteiger partial charge on any atom is -0.481 e. The molecule has 1 aromatic carbocycles. The summed E-state index contributed by atoms with van der Waals surface area (Å²) in [6.07, 6.45) is -4.29. The number of benzene rings is 1. The number of aliphatic hydroxyl groups excluding tert-OH is 1. The van der Waals surface area contributed by atoms with Gasteiger partial charge in [0.1, 0.15) is 6.10 Å². The molecule has 2 rings (SSSR count). The number of halogens is 3. The van der Waals surface area contributed by atoms with Crippen LogP contribution in [-0.2, 0) is 6.18 Å². The van der Waals surface area contributed by atoms with Crippen molar-refractivity contribution in [1.82, 2.24) is 0 Å². The van der Waals surface area contributed by atoms with E-state index in [4.69, 9.17) is 4.74 Å². The van der Waals surface area contributed by atoms with Crippen LogP contribution < -0.4 is 4.74 Å². The monoisotopic (exact) mass is 291 g/mol. The normalized spacial score (nSPS) is 22.8. The SMILES string of the molecule is O=[N+]([O-])c1cc(C(F)(F)F)ccc1O[C@@H]1CCC[C@H]1O. The Morgan fingerprint density at radius 3 is 2.55 bits per heavy atom. The molecule has 20 heavy (non-hydrogen) atoms. The van der Waals surface area contributed by atoms with Crippen LogP contribution in [0.1, 0.15) is 24.8 Å². The molecule has 2 atom stereocenters. The average Bonchev–Trinajstić information content (AvgIpc) is 2.74. The Hall–Kier alpha value is -1.83. The fourth-order valence-electron chi connectivity index (χ4n) is 2.14. The van der Waals surface area contributed by atoms with Crippen molar-refractivity contribution >= 4 is 5.69 Å². The van der Waals surface area contributed by atoms with Gasteiger partial charge in [-0.25, -0.2) is 0 Å². The molecule has 0 heterocycles. The van der Waals surface area contributed by atoms with Crippen LogP contribution in [0.5, 0.6) is 5.75 Å². The Morgan fingerprint density at radius 1 is 1.35 bits per heavy atom. The van der Waals surface area contributed by atoms with Gasteiger partial charge < -0.3 is 9.84 Å². The number of nitro benzene ring substituents is 1. The minimum atomic E-state index is -4.66. The number of nitrogens with zero attached hydrogens (tertiary/aromatic N) is 1. The van der Waals surface area contributed by atoms with E-state index < -0.39 is 34.6 Å².